The SMILES string of the molecule is C=C(F)C(=O)COC1CCOCC1. The second-order valence-electron chi connectivity index (χ2n) is 2.95. The summed E-state index contributed by atoms with van der Waals surface area (Å²) in [5.41, 5.74) is 0. The molecule has 1 heterocycles. The quantitative estimate of drug-likeness (QED) is 0.622. The summed E-state index contributed by atoms with van der Waals surface area (Å²) in [7, 11) is 0. The molecule has 1 aliphatic heterocycles. The van der Waals surface area contributed by atoms with E-state index in [1.54, 1.807) is 0 Å². The van der Waals surface area contributed by atoms with Gasteiger partial charge in [0.1, 0.15) is 6.61 Å². The summed E-state index contributed by atoms with van der Waals surface area (Å²) in [6.45, 7) is 3.99. The van der Waals surface area contributed by atoms with E-state index in [4.69, 9.17) is 9.47 Å². The summed E-state index contributed by atoms with van der Waals surface area (Å²) >= 11 is 0. The highest BCUT2D eigenvalue weighted by atomic mass is 19.1. The van der Waals surface area contributed by atoms with Crippen molar-refractivity contribution in [2.45, 2.75) is 18.9 Å². The van der Waals surface area contributed by atoms with Crippen LogP contribution in [0.15, 0.2) is 12.4 Å². The fraction of sp³-hybridized carbons (Fsp3) is 0.667. The second kappa shape index (κ2) is 5.09. The smallest absolute Gasteiger partial charge is 0.216 e. The van der Waals surface area contributed by atoms with E-state index in [0.717, 1.165) is 12.8 Å². The number of hydrogen-bond acceptors (Lipinski definition) is 3. The van der Waals surface area contributed by atoms with E-state index in [-0.39, 0.29) is 12.7 Å². The molecule has 1 rings (SSSR count). The van der Waals surface area contributed by atoms with E-state index < -0.39 is 11.6 Å². The van der Waals surface area contributed by atoms with E-state index >= 15 is 0 Å². The van der Waals surface area contributed by atoms with Gasteiger partial charge < -0.3 is 9.47 Å². The number of carbonyl (C=O) groups is 1. The first-order chi connectivity index (χ1) is 6.20. The molecule has 13 heavy (non-hydrogen) atoms. The molecule has 0 amide bonds. The summed E-state index contributed by atoms with van der Waals surface area (Å²) in [5, 5.41) is 0. The predicted molar refractivity (Wildman–Crippen MR) is 45.0 cm³/mol. The first-order valence-corrected chi connectivity index (χ1v) is 4.27. The van der Waals surface area contributed by atoms with Gasteiger partial charge in [-0.05, 0) is 12.8 Å². The number of hydrogen-bond donors (Lipinski definition) is 0. The van der Waals surface area contributed by atoms with Crippen molar-refractivity contribution in [2.24, 2.45) is 0 Å². The molecule has 0 aliphatic carbocycles. The van der Waals surface area contributed by atoms with E-state index in [1.165, 1.54) is 0 Å². The van der Waals surface area contributed by atoms with Crippen LogP contribution in [0.25, 0.3) is 0 Å². The monoisotopic (exact) mass is 188 g/mol. The van der Waals surface area contributed by atoms with Crippen molar-refractivity contribution in [1.29, 1.82) is 0 Å². The number of carbonyl (C=O) groups excluding carboxylic acids is 1. The van der Waals surface area contributed by atoms with Crippen LogP contribution in [-0.4, -0.2) is 31.7 Å². The molecule has 74 valence electrons. The van der Waals surface area contributed by atoms with E-state index in [2.05, 4.69) is 6.58 Å². The van der Waals surface area contributed by atoms with Crippen LogP contribution >= 0.6 is 0 Å². The maximum Gasteiger partial charge on any atom is 0.216 e. The Kier molecular flexibility index (Phi) is 4.05. The molecular formula is C9H13FO3. The van der Waals surface area contributed by atoms with Crippen LogP contribution in [0.4, 0.5) is 4.39 Å². The average Bonchev–Trinajstić information content (AvgIpc) is 2.15. The summed E-state index contributed by atoms with van der Waals surface area (Å²) in [5.74, 6) is -1.61. The Hall–Kier alpha value is -0.740. The van der Waals surface area contributed by atoms with Gasteiger partial charge in [0.25, 0.3) is 0 Å². The predicted octanol–water partition coefficient (Wildman–Crippen LogP) is 1.23. The minimum atomic E-state index is -0.938. The third-order valence-electron chi connectivity index (χ3n) is 1.92. The van der Waals surface area contributed by atoms with Gasteiger partial charge in [0.2, 0.25) is 5.78 Å². The molecule has 0 atom stereocenters. The number of ether oxygens (including phenoxy) is 2. The Morgan fingerprint density at radius 2 is 2.15 bits per heavy atom. The summed E-state index contributed by atoms with van der Waals surface area (Å²) in [6.07, 6.45) is 1.56. The molecule has 0 spiro atoms. The van der Waals surface area contributed by atoms with Crippen molar-refractivity contribution in [3.05, 3.63) is 12.4 Å². The maximum atomic E-state index is 12.2. The summed E-state index contributed by atoms with van der Waals surface area (Å²) in [6, 6.07) is 0. The van der Waals surface area contributed by atoms with Gasteiger partial charge in [-0.3, -0.25) is 4.79 Å². The molecule has 0 bridgehead atoms. The van der Waals surface area contributed by atoms with Crippen molar-refractivity contribution in [1.82, 2.24) is 0 Å². The van der Waals surface area contributed by atoms with Gasteiger partial charge in [0.15, 0.2) is 5.83 Å². The molecule has 4 heteroatoms. The van der Waals surface area contributed by atoms with Crippen molar-refractivity contribution in [3.8, 4) is 0 Å². The zero-order valence-electron chi connectivity index (χ0n) is 7.42. The Morgan fingerprint density at radius 3 is 2.69 bits per heavy atom. The number of Topliss-reactive ketones (excluding diaryl/α,β-unsaturated/α-hetero) is 1. The van der Waals surface area contributed by atoms with Crippen molar-refractivity contribution >= 4 is 5.78 Å². The highest BCUT2D eigenvalue weighted by Crippen LogP contribution is 2.10. The van der Waals surface area contributed by atoms with Crippen LogP contribution in [0.5, 0.6) is 0 Å². The third-order valence-corrected chi connectivity index (χ3v) is 1.92. The molecule has 0 radical (unpaired) electrons. The number of halogens is 1. The van der Waals surface area contributed by atoms with Gasteiger partial charge in [-0.2, -0.15) is 0 Å². The molecule has 1 aliphatic rings. The fourth-order valence-electron chi connectivity index (χ4n) is 1.11. The van der Waals surface area contributed by atoms with Gasteiger partial charge in [0.05, 0.1) is 6.10 Å². The molecule has 0 aromatic heterocycles. The highest BCUT2D eigenvalue weighted by Gasteiger charge is 2.16. The largest absolute Gasteiger partial charge is 0.381 e. The molecule has 3 nitrogen and oxygen atoms in total. The van der Waals surface area contributed by atoms with Gasteiger partial charge in [0, 0.05) is 13.2 Å². The Labute approximate surface area is 76.5 Å². The number of ketones is 1. The van der Waals surface area contributed by atoms with E-state index in [9.17, 15) is 9.18 Å². The third kappa shape index (κ3) is 3.65. The molecule has 0 aromatic carbocycles. The number of rotatable bonds is 4. The van der Waals surface area contributed by atoms with Crippen LogP contribution in [0, 0.1) is 0 Å². The standard InChI is InChI=1S/C9H13FO3/c1-7(10)9(11)6-13-8-2-4-12-5-3-8/h8H,1-6H2. The van der Waals surface area contributed by atoms with E-state index in [0.29, 0.717) is 13.2 Å². The Morgan fingerprint density at radius 1 is 1.54 bits per heavy atom. The second-order valence-corrected chi connectivity index (χ2v) is 2.95. The minimum Gasteiger partial charge on any atom is -0.381 e. The first kappa shape index (κ1) is 10.3. The van der Waals surface area contributed by atoms with Crippen molar-refractivity contribution in [2.75, 3.05) is 19.8 Å². The lowest BCUT2D eigenvalue weighted by molar-refractivity contribution is -0.125. The minimum absolute atomic E-state index is 0.0250. The normalized spacial score (nSPS) is 18.5. The molecule has 0 aromatic rings. The van der Waals surface area contributed by atoms with Gasteiger partial charge in [-0.1, -0.05) is 6.58 Å². The van der Waals surface area contributed by atoms with Crippen LogP contribution in [-0.2, 0) is 14.3 Å². The Balaban J connectivity index is 2.17. The van der Waals surface area contributed by atoms with E-state index in [1.807, 2.05) is 0 Å². The molecule has 1 fully saturated rings. The van der Waals surface area contributed by atoms with Crippen molar-refractivity contribution in [3.63, 3.8) is 0 Å². The van der Waals surface area contributed by atoms with Gasteiger partial charge in [-0.15, -0.1) is 0 Å². The van der Waals surface area contributed by atoms with Crippen LogP contribution < -0.4 is 0 Å². The zero-order chi connectivity index (χ0) is 9.68. The first-order valence-electron chi connectivity index (χ1n) is 4.27. The van der Waals surface area contributed by atoms with Crippen LogP contribution in [0.2, 0.25) is 0 Å². The molecule has 0 saturated carbocycles. The van der Waals surface area contributed by atoms with Crippen molar-refractivity contribution < 1.29 is 18.7 Å². The van der Waals surface area contributed by atoms with Crippen LogP contribution in [0.1, 0.15) is 12.8 Å². The van der Waals surface area contributed by atoms with Gasteiger partial charge >= 0.3 is 0 Å². The zero-order valence-corrected chi connectivity index (χ0v) is 7.42. The highest BCUT2D eigenvalue weighted by molar-refractivity contribution is 5.93. The molecule has 0 unspecified atom stereocenters. The van der Waals surface area contributed by atoms with Crippen LogP contribution in [0.3, 0.4) is 0 Å². The molecule has 0 N–H and O–H groups in total. The molecule has 1 saturated heterocycles. The maximum absolute atomic E-state index is 12.2. The topological polar surface area (TPSA) is 35.5 Å². The molecular weight excluding hydrogens is 175 g/mol. The Bertz CT molecular complexity index is 197. The lowest BCUT2D eigenvalue weighted by Crippen LogP contribution is -2.25. The lowest BCUT2D eigenvalue weighted by atomic mass is 10.1. The summed E-state index contributed by atoms with van der Waals surface area (Å²) in [4.78, 5) is 10.8. The van der Waals surface area contributed by atoms with Gasteiger partial charge in [-0.25, -0.2) is 4.39 Å². The summed E-state index contributed by atoms with van der Waals surface area (Å²) < 4.78 is 22.5. The lowest BCUT2D eigenvalue weighted by Gasteiger charge is -2.21. The fourth-order valence-corrected chi connectivity index (χ4v) is 1.11. The average molecular weight is 188 g/mol.